The summed E-state index contributed by atoms with van der Waals surface area (Å²) in [5.74, 6) is 1.70. The summed E-state index contributed by atoms with van der Waals surface area (Å²) in [6, 6.07) is 0. The van der Waals surface area contributed by atoms with Gasteiger partial charge in [-0.1, -0.05) is 25.7 Å². The van der Waals surface area contributed by atoms with Gasteiger partial charge >= 0.3 is 0 Å². The van der Waals surface area contributed by atoms with Crippen molar-refractivity contribution in [1.82, 2.24) is 10.3 Å². The maximum Gasteiger partial charge on any atom is 0.0794 e. The Morgan fingerprint density at radius 1 is 1.39 bits per heavy atom. The van der Waals surface area contributed by atoms with Crippen LogP contribution in [0.2, 0.25) is 0 Å². The molecule has 1 saturated carbocycles. The second-order valence-electron chi connectivity index (χ2n) is 6.61. The van der Waals surface area contributed by atoms with E-state index in [1.807, 2.05) is 11.7 Å². The van der Waals surface area contributed by atoms with Gasteiger partial charge in [0.05, 0.1) is 5.51 Å². The molecule has 3 heteroatoms. The Kier molecular flexibility index (Phi) is 4.79. The molecule has 0 spiro atoms. The lowest BCUT2D eigenvalue weighted by atomic mass is 9.87. The molecular formula is C15H26N2S. The molecule has 0 saturated heterocycles. The summed E-state index contributed by atoms with van der Waals surface area (Å²) in [6.45, 7) is 7.91. The van der Waals surface area contributed by atoms with Gasteiger partial charge in [-0.3, -0.25) is 4.98 Å². The summed E-state index contributed by atoms with van der Waals surface area (Å²) in [5, 5.41) is 3.70. The van der Waals surface area contributed by atoms with Gasteiger partial charge < -0.3 is 5.32 Å². The van der Waals surface area contributed by atoms with E-state index in [0.29, 0.717) is 0 Å². The van der Waals surface area contributed by atoms with Gasteiger partial charge in [0.15, 0.2) is 0 Å². The molecule has 0 aromatic carbocycles. The summed E-state index contributed by atoms with van der Waals surface area (Å²) < 4.78 is 0. The van der Waals surface area contributed by atoms with E-state index in [4.69, 9.17) is 0 Å². The lowest BCUT2D eigenvalue weighted by Gasteiger charge is -2.28. The Balaban J connectivity index is 1.93. The van der Waals surface area contributed by atoms with Gasteiger partial charge in [-0.2, -0.15) is 0 Å². The van der Waals surface area contributed by atoms with Crippen LogP contribution in [0.15, 0.2) is 11.7 Å². The first kappa shape index (κ1) is 14.0. The largest absolute Gasteiger partial charge is 0.312 e. The van der Waals surface area contributed by atoms with Crippen molar-refractivity contribution in [2.75, 3.05) is 6.54 Å². The summed E-state index contributed by atoms with van der Waals surface area (Å²) in [6.07, 6.45) is 8.96. The molecule has 18 heavy (non-hydrogen) atoms. The van der Waals surface area contributed by atoms with E-state index in [2.05, 4.69) is 31.1 Å². The monoisotopic (exact) mass is 266 g/mol. The zero-order valence-corrected chi connectivity index (χ0v) is 12.7. The molecule has 2 nitrogen and oxygen atoms in total. The molecule has 1 unspecified atom stereocenters. The number of thiazole rings is 1. The van der Waals surface area contributed by atoms with E-state index < -0.39 is 0 Å². The van der Waals surface area contributed by atoms with Crippen LogP contribution in [0.5, 0.6) is 0 Å². The molecule has 1 N–H and O–H groups in total. The normalized spacial score (nSPS) is 19.3. The van der Waals surface area contributed by atoms with Crippen LogP contribution in [0.4, 0.5) is 0 Å². The maximum absolute atomic E-state index is 4.21. The van der Waals surface area contributed by atoms with Crippen molar-refractivity contribution in [3.8, 4) is 0 Å². The van der Waals surface area contributed by atoms with E-state index in [0.717, 1.165) is 18.4 Å². The zero-order valence-electron chi connectivity index (χ0n) is 11.9. The molecule has 1 aliphatic rings. The number of aromatic nitrogens is 1. The number of nitrogens with one attached hydrogen (secondary N) is 1. The predicted octanol–water partition coefficient (Wildman–Crippen LogP) is 3.88. The molecule has 1 aliphatic carbocycles. The van der Waals surface area contributed by atoms with Crippen LogP contribution < -0.4 is 5.32 Å². The van der Waals surface area contributed by atoms with Gasteiger partial charge in [0.2, 0.25) is 0 Å². The van der Waals surface area contributed by atoms with Crippen molar-refractivity contribution in [3.63, 3.8) is 0 Å². The van der Waals surface area contributed by atoms with Gasteiger partial charge in [-0.05, 0) is 45.6 Å². The first-order valence-electron chi connectivity index (χ1n) is 7.17. The van der Waals surface area contributed by atoms with Gasteiger partial charge in [0.1, 0.15) is 0 Å². The third kappa shape index (κ3) is 4.36. The smallest absolute Gasteiger partial charge is 0.0794 e. The van der Waals surface area contributed by atoms with Gasteiger partial charge in [0, 0.05) is 16.6 Å². The first-order chi connectivity index (χ1) is 8.54. The molecular weight excluding hydrogens is 240 g/mol. The topological polar surface area (TPSA) is 24.9 Å². The van der Waals surface area contributed by atoms with Crippen molar-refractivity contribution in [3.05, 3.63) is 16.6 Å². The average Bonchev–Trinajstić information content (AvgIpc) is 2.95. The Labute approximate surface area is 115 Å². The van der Waals surface area contributed by atoms with Crippen molar-refractivity contribution < 1.29 is 0 Å². The molecule has 1 fully saturated rings. The van der Waals surface area contributed by atoms with E-state index in [-0.39, 0.29) is 5.54 Å². The molecule has 0 amide bonds. The summed E-state index contributed by atoms with van der Waals surface area (Å²) >= 11 is 1.80. The maximum atomic E-state index is 4.21. The van der Waals surface area contributed by atoms with E-state index in [9.17, 15) is 0 Å². The Hall–Kier alpha value is -0.410. The highest BCUT2D eigenvalue weighted by Crippen LogP contribution is 2.33. The minimum Gasteiger partial charge on any atom is -0.312 e. The number of hydrogen-bond donors (Lipinski definition) is 1. The van der Waals surface area contributed by atoms with E-state index in [1.165, 1.54) is 37.0 Å². The SMILES string of the molecule is CC(C)(C)NCC(Cc1cncs1)C1CCCC1. The number of nitrogens with zero attached hydrogens (tertiary/aromatic N) is 1. The fourth-order valence-electron chi connectivity index (χ4n) is 2.87. The highest BCUT2D eigenvalue weighted by Gasteiger charge is 2.26. The third-order valence-corrected chi connectivity index (χ3v) is 4.71. The lowest BCUT2D eigenvalue weighted by molar-refractivity contribution is 0.287. The van der Waals surface area contributed by atoms with Crippen LogP contribution in [0.3, 0.4) is 0 Å². The second kappa shape index (κ2) is 6.16. The number of hydrogen-bond acceptors (Lipinski definition) is 3. The van der Waals surface area contributed by atoms with Crippen LogP contribution in [0.25, 0.3) is 0 Å². The van der Waals surface area contributed by atoms with Crippen LogP contribution in [0.1, 0.15) is 51.3 Å². The van der Waals surface area contributed by atoms with Crippen LogP contribution >= 0.6 is 11.3 Å². The minimum atomic E-state index is 0.227. The van der Waals surface area contributed by atoms with Crippen LogP contribution in [0, 0.1) is 11.8 Å². The van der Waals surface area contributed by atoms with Crippen LogP contribution in [-0.4, -0.2) is 17.1 Å². The molecule has 1 aromatic heterocycles. The molecule has 1 atom stereocenters. The first-order valence-corrected chi connectivity index (χ1v) is 8.05. The summed E-state index contributed by atoms with van der Waals surface area (Å²) in [5.41, 5.74) is 2.18. The Morgan fingerprint density at radius 2 is 2.11 bits per heavy atom. The molecule has 0 bridgehead atoms. The number of rotatable bonds is 5. The molecule has 1 heterocycles. The predicted molar refractivity (Wildman–Crippen MR) is 79.0 cm³/mol. The van der Waals surface area contributed by atoms with Crippen molar-refractivity contribution in [1.29, 1.82) is 0 Å². The van der Waals surface area contributed by atoms with Gasteiger partial charge in [-0.15, -0.1) is 11.3 Å². The van der Waals surface area contributed by atoms with E-state index in [1.54, 1.807) is 11.3 Å². The van der Waals surface area contributed by atoms with E-state index >= 15 is 0 Å². The molecule has 0 aliphatic heterocycles. The highest BCUT2D eigenvalue weighted by atomic mass is 32.1. The van der Waals surface area contributed by atoms with Crippen molar-refractivity contribution >= 4 is 11.3 Å². The average molecular weight is 266 g/mol. The standard InChI is InChI=1S/C15H26N2S/c1-15(2,3)17-9-13(12-6-4-5-7-12)8-14-10-16-11-18-14/h10-13,17H,4-9H2,1-3H3. The Bertz CT molecular complexity index is 334. The molecule has 102 valence electrons. The molecule has 1 aromatic rings. The second-order valence-corrected chi connectivity index (χ2v) is 7.58. The Morgan fingerprint density at radius 3 is 2.67 bits per heavy atom. The summed E-state index contributed by atoms with van der Waals surface area (Å²) in [4.78, 5) is 5.66. The fourth-order valence-corrected chi connectivity index (χ4v) is 3.56. The van der Waals surface area contributed by atoms with Gasteiger partial charge in [-0.25, -0.2) is 0 Å². The fraction of sp³-hybridized carbons (Fsp3) is 0.800. The molecule has 2 rings (SSSR count). The summed E-state index contributed by atoms with van der Waals surface area (Å²) in [7, 11) is 0. The highest BCUT2D eigenvalue weighted by molar-refractivity contribution is 7.09. The minimum absolute atomic E-state index is 0.227. The quantitative estimate of drug-likeness (QED) is 0.875. The lowest BCUT2D eigenvalue weighted by Crippen LogP contribution is -2.41. The zero-order chi connectivity index (χ0) is 13.0. The van der Waals surface area contributed by atoms with Crippen molar-refractivity contribution in [2.24, 2.45) is 11.8 Å². The third-order valence-electron chi connectivity index (χ3n) is 3.91. The van der Waals surface area contributed by atoms with Gasteiger partial charge in [0.25, 0.3) is 0 Å². The van der Waals surface area contributed by atoms with Crippen molar-refractivity contribution in [2.45, 2.75) is 58.4 Å². The molecule has 0 radical (unpaired) electrons. The van der Waals surface area contributed by atoms with Crippen LogP contribution in [-0.2, 0) is 6.42 Å².